The van der Waals surface area contributed by atoms with Crippen LogP contribution in [0.25, 0.3) is 0 Å². The van der Waals surface area contributed by atoms with Gasteiger partial charge in [-0.05, 0) is 218 Å². The molecule has 4 saturated carbocycles. The summed E-state index contributed by atoms with van der Waals surface area (Å²) >= 11 is 16.9. The van der Waals surface area contributed by atoms with Crippen molar-refractivity contribution in [2.24, 2.45) is 71.0 Å². The Hall–Kier alpha value is 2.10. The first-order chi connectivity index (χ1) is 21.1. The van der Waals surface area contributed by atoms with Gasteiger partial charge in [0, 0.05) is 5.25 Å². The van der Waals surface area contributed by atoms with Crippen LogP contribution >= 0.6 is 71.4 Å². The quantitative estimate of drug-likeness (QED) is 0.270. The van der Waals surface area contributed by atoms with Gasteiger partial charge in [0.15, 0.2) is 0 Å². The maximum Gasteiger partial charge on any atom is 0.00524 e. The van der Waals surface area contributed by atoms with Crippen LogP contribution in [-0.4, -0.2) is 62.8 Å². The molecule has 7 aliphatic rings. The summed E-state index contributed by atoms with van der Waals surface area (Å²) in [5, 5.41) is 0.953. The van der Waals surface area contributed by atoms with E-state index in [-0.39, 0.29) is 0 Å². The van der Waals surface area contributed by atoms with E-state index >= 15 is 0 Å². The van der Waals surface area contributed by atoms with Gasteiger partial charge >= 0.3 is 0 Å². The molecule has 0 radical (unpaired) electrons. The molecule has 43 heavy (non-hydrogen) atoms. The van der Waals surface area contributed by atoms with Crippen molar-refractivity contribution in [2.75, 3.05) is 57.5 Å². The molecule has 0 aromatic rings. The Kier molecular flexibility index (Phi) is 13.0. The first kappa shape index (κ1) is 33.6. The van der Waals surface area contributed by atoms with Crippen molar-refractivity contribution in [1.29, 1.82) is 0 Å². The van der Waals surface area contributed by atoms with Crippen molar-refractivity contribution in [1.82, 2.24) is 0 Å². The maximum atomic E-state index is 4.84. The Morgan fingerprint density at radius 1 is 0.326 bits per heavy atom. The first-order valence-corrected chi connectivity index (χ1v) is 25.0. The van der Waals surface area contributed by atoms with Crippen LogP contribution in [-0.2, 0) is 0 Å². The second-order valence-corrected chi connectivity index (χ2v) is 23.0. The zero-order valence-electron chi connectivity index (χ0n) is 27.0. The van der Waals surface area contributed by atoms with Crippen LogP contribution in [0.15, 0.2) is 0 Å². The molecule has 13 atom stereocenters. The fourth-order valence-electron chi connectivity index (χ4n) is 11.4. The molecule has 6 unspecified atom stereocenters. The summed E-state index contributed by atoms with van der Waals surface area (Å²) in [5.74, 6) is 26.2. The molecule has 4 aliphatic carbocycles. The van der Waals surface area contributed by atoms with E-state index in [1.807, 2.05) is 0 Å². The molecular weight excluding hydrogens is 637 g/mol. The highest BCUT2D eigenvalue weighted by Gasteiger charge is 2.38. The Labute approximate surface area is 293 Å². The van der Waals surface area contributed by atoms with Gasteiger partial charge < -0.3 is 0 Å². The highest BCUT2D eigenvalue weighted by molar-refractivity contribution is 8.00. The van der Waals surface area contributed by atoms with E-state index in [1.54, 1.807) is 70.6 Å². The monoisotopic (exact) mass is 698 g/mol. The Balaban J connectivity index is 1.14. The minimum atomic E-state index is 0.879. The van der Waals surface area contributed by atoms with Gasteiger partial charge in [0.2, 0.25) is 0 Å². The molecule has 3 aliphatic heterocycles. The number of hydrogen-bond donors (Lipinski definition) is 1. The van der Waals surface area contributed by atoms with Gasteiger partial charge in [-0.2, -0.15) is 71.4 Å². The van der Waals surface area contributed by atoms with E-state index in [0.29, 0.717) is 0 Å². The number of thiol groups is 1. The van der Waals surface area contributed by atoms with Crippen LogP contribution in [0.3, 0.4) is 0 Å². The van der Waals surface area contributed by atoms with Crippen LogP contribution < -0.4 is 0 Å². The largest absolute Gasteiger partial charge is 0.179 e. The highest BCUT2D eigenvalue weighted by Crippen LogP contribution is 2.48. The van der Waals surface area contributed by atoms with Crippen LogP contribution in [0.5, 0.6) is 0 Å². The zero-order valence-corrected chi connectivity index (χ0v) is 31.9. The predicted molar refractivity (Wildman–Crippen MR) is 206 cm³/mol. The van der Waals surface area contributed by atoms with Gasteiger partial charge in [0.05, 0.1) is 0 Å². The van der Waals surface area contributed by atoms with Crippen LogP contribution in [0.1, 0.15) is 89.9 Å². The van der Waals surface area contributed by atoms with E-state index < -0.39 is 0 Å². The Bertz CT molecular complexity index is 853. The third-order valence-electron chi connectivity index (χ3n) is 12.8. The van der Waals surface area contributed by atoms with Crippen molar-refractivity contribution in [3.05, 3.63) is 0 Å². The lowest BCUT2D eigenvalue weighted by Crippen LogP contribution is -2.32. The summed E-state index contributed by atoms with van der Waals surface area (Å²) in [6, 6.07) is 0. The average molecular weight is 699 g/mol. The molecule has 0 aromatic carbocycles. The minimum absolute atomic E-state index is 0.879. The molecular formula is C37H62S6. The predicted octanol–water partition coefficient (Wildman–Crippen LogP) is 10.9. The smallest absolute Gasteiger partial charge is 0.00524 e. The van der Waals surface area contributed by atoms with Gasteiger partial charge in [-0.1, -0.05) is 0 Å². The number of rotatable bonds is 1. The maximum absolute atomic E-state index is 4.84. The lowest BCUT2D eigenvalue weighted by molar-refractivity contribution is 0.188. The van der Waals surface area contributed by atoms with Gasteiger partial charge in [0.25, 0.3) is 0 Å². The average Bonchev–Trinajstić information content (AvgIpc) is 2.99. The van der Waals surface area contributed by atoms with Gasteiger partial charge in [-0.3, -0.25) is 0 Å². The van der Waals surface area contributed by atoms with Crippen molar-refractivity contribution >= 4 is 71.4 Å². The second kappa shape index (κ2) is 16.7. The molecule has 6 heteroatoms. The molecule has 7 fully saturated rings. The molecule has 0 amide bonds. The van der Waals surface area contributed by atoms with Gasteiger partial charge in [0.1, 0.15) is 0 Å². The third kappa shape index (κ3) is 9.85. The third-order valence-corrected chi connectivity index (χ3v) is 20.5. The molecule has 0 spiro atoms. The number of hydrogen-bond acceptors (Lipinski definition) is 6. The van der Waals surface area contributed by atoms with Crippen LogP contribution in [0.2, 0.25) is 0 Å². The highest BCUT2D eigenvalue weighted by atomic mass is 32.2. The minimum Gasteiger partial charge on any atom is -0.179 e. The lowest BCUT2D eigenvalue weighted by Gasteiger charge is -2.41. The van der Waals surface area contributed by atoms with Gasteiger partial charge in [-0.25, -0.2) is 0 Å². The van der Waals surface area contributed by atoms with Crippen molar-refractivity contribution in [3.63, 3.8) is 0 Å². The summed E-state index contributed by atoms with van der Waals surface area (Å²) in [4.78, 5) is 0. The van der Waals surface area contributed by atoms with E-state index in [2.05, 4.69) is 58.8 Å². The number of thioether (sulfide) groups is 5. The molecule has 246 valence electrons. The lowest BCUT2D eigenvalue weighted by atomic mass is 9.72. The molecule has 3 saturated heterocycles. The molecule has 7 rings (SSSR count). The SMILES string of the molecule is SCC1CC2CSC[C@H]3CC4C[C@@H](CSCC5CC6C[C@@H](CSC[C@H]7CC(CS[C@@H](C6)C4)C[C@@H](CSC[C@@H](C1)C2)C7)C5)C3. The summed E-state index contributed by atoms with van der Waals surface area (Å²) in [6.45, 7) is 0. The van der Waals surface area contributed by atoms with Crippen LogP contribution in [0.4, 0.5) is 0 Å². The zero-order chi connectivity index (χ0) is 29.0. The van der Waals surface area contributed by atoms with E-state index in [0.717, 1.165) is 82.0 Å². The Morgan fingerprint density at radius 2 is 0.605 bits per heavy atom. The molecule has 0 N–H and O–H groups in total. The summed E-state index contributed by atoms with van der Waals surface area (Å²) in [6.07, 6.45) is 21.6. The summed E-state index contributed by atoms with van der Waals surface area (Å²) in [7, 11) is 0. The Morgan fingerprint density at radius 3 is 0.930 bits per heavy atom. The van der Waals surface area contributed by atoms with Gasteiger partial charge in [-0.15, -0.1) is 0 Å². The van der Waals surface area contributed by atoms with Crippen LogP contribution in [0, 0.1) is 71.0 Å². The molecule has 0 nitrogen and oxygen atoms in total. The normalized spacial score (nSPS) is 48.6. The molecule has 0 aromatic heterocycles. The van der Waals surface area contributed by atoms with E-state index in [1.165, 1.54) is 71.0 Å². The second-order valence-electron chi connectivity index (χ2n) is 17.0. The van der Waals surface area contributed by atoms with Crippen molar-refractivity contribution < 1.29 is 0 Å². The van der Waals surface area contributed by atoms with Crippen molar-refractivity contribution in [2.45, 2.75) is 95.1 Å². The van der Waals surface area contributed by atoms with Crippen molar-refractivity contribution in [3.8, 4) is 0 Å². The fraction of sp³-hybridized carbons (Fsp3) is 1.00. The first-order valence-electron chi connectivity index (χ1n) is 18.7. The molecule has 3 heterocycles. The summed E-state index contributed by atoms with van der Waals surface area (Å²) < 4.78 is 0. The topological polar surface area (TPSA) is 0 Å². The van der Waals surface area contributed by atoms with E-state index in [9.17, 15) is 0 Å². The fourth-order valence-corrected chi connectivity index (χ4v) is 18.7. The van der Waals surface area contributed by atoms with E-state index in [4.69, 9.17) is 12.6 Å². The standard InChI is InChI=1S/C37H62S6/c38-15-27-5-32-9-33(6-27)21-42-23-35-10-34-11-36(12-35)24-43-37-13-25-1-28(7-30(3-25)18-40-20-32)16-39-17-29-2-26(14-37)4-31(8-29)19-41-22-34/h25-38H,1-24H2/t25?,26?,27?,28-,29?,30+,31-,32?,33+,34-,35+,36?,37-/m1/s1. The molecule has 12 bridgehead atoms. The number of fused-ring (bicyclic) bond motifs is 9. The summed E-state index contributed by atoms with van der Waals surface area (Å²) in [5.41, 5.74) is 0.